The van der Waals surface area contributed by atoms with Crippen LogP contribution in [0.25, 0.3) is 5.69 Å². The molecule has 0 atom stereocenters. The number of nitro groups is 1. The van der Waals surface area contributed by atoms with Crippen LogP contribution in [0.15, 0.2) is 36.5 Å². The average Bonchev–Trinajstić information content (AvgIpc) is 3.03. The summed E-state index contributed by atoms with van der Waals surface area (Å²) in [5.41, 5.74) is -1.03. The molecule has 2 aromatic rings. The number of amides is 1. The van der Waals surface area contributed by atoms with Crippen LogP contribution in [0.3, 0.4) is 0 Å². The summed E-state index contributed by atoms with van der Waals surface area (Å²) in [6.45, 7) is 2.82. The maximum atomic E-state index is 12.4. The molecule has 0 saturated heterocycles. The fraction of sp³-hybridized carbons (Fsp3) is 0.267. The zero-order valence-corrected chi connectivity index (χ0v) is 13.3. The molecule has 9 heteroatoms. The van der Waals surface area contributed by atoms with Gasteiger partial charge in [0, 0.05) is 25.4 Å². The van der Waals surface area contributed by atoms with Gasteiger partial charge in [0.05, 0.1) is 10.6 Å². The summed E-state index contributed by atoms with van der Waals surface area (Å²) >= 11 is 0. The molecule has 1 aromatic heterocycles. The number of aliphatic carboxylic acids is 1. The number of carboxylic acid groups (broad SMARTS) is 1. The molecule has 0 aliphatic heterocycles. The number of carbonyl (C=O) groups is 2. The molecule has 9 nitrogen and oxygen atoms in total. The van der Waals surface area contributed by atoms with Gasteiger partial charge in [-0.3, -0.25) is 14.9 Å². The summed E-state index contributed by atoms with van der Waals surface area (Å²) in [7, 11) is 1.38. The predicted octanol–water partition coefficient (Wildman–Crippen LogP) is 1.72. The zero-order valence-electron chi connectivity index (χ0n) is 13.3. The fourth-order valence-corrected chi connectivity index (χ4v) is 1.90. The molecule has 1 heterocycles. The van der Waals surface area contributed by atoms with Crippen LogP contribution < -0.4 is 0 Å². The first kappa shape index (κ1) is 17.1. The van der Waals surface area contributed by atoms with Crippen molar-refractivity contribution >= 4 is 17.6 Å². The molecular formula is C15H16N4O5. The Kier molecular flexibility index (Phi) is 4.36. The SMILES string of the molecule is CN(C(=O)c1ccn(-c2cccc([N+](=O)[O-])c2)n1)C(C)(C)C(=O)O. The molecule has 24 heavy (non-hydrogen) atoms. The van der Waals surface area contributed by atoms with E-state index in [1.807, 2.05) is 0 Å². The van der Waals surface area contributed by atoms with Crippen LogP contribution in [0.4, 0.5) is 5.69 Å². The number of nitro benzene ring substituents is 1. The Labute approximate surface area is 137 Å². The van der Waals surface area contributed by atoms with Crippen molar-refractivity contribution < 1.29 is 19.6 Å². The molecule has 126 valence electrons. The van der Waals surface area contributed by atoms with Crippen LogP contribution in [0, 0.1) is 10.1 Å². The third-order valence-electron chi connectivity index (χ3n) is 3.78. The molecular weight excluding hydrogens is 316 g/mol. The minimum Gasteiger partial charge on any atom is -0.480 e. The molecule has 0 spiro atoms. The molecule has 2 rings (SSSR count). The minimum absolute atomic E-state index is 0.0401. The molecule has 1 N–H and O–H groups in total. The van der Waals surface area contributed by atoms with E-state index in [9.17, 15) is 24.8 Å². The third-order valence-corrected chi connectivity index (χ3v) is 3.78. The van der Waals surface area contributed by atoms with Crippen LogP contribution in [-0.4, -0.2) is 49.2 Å². The van der Waals surface area contributed by atoms with Gasteiger partial charge in [-0.15, -0.1) is 0 Å². The van der Waals surface area contributed by atoms with Crippen molar-refractivity contribution in [3.63, 3.8) is 0 Å². The van der Waals surface area contributed by atoms with Gasteiger partial charge in [0.1, 0.15) is 5.54 Å². The van der Waals surface area contributed by atoms with E-state index in [1.54, 1.807) is 6.07 Å². The highest BCUT2D eigenvalue weighted by Gasteiger charge is 2.36. The lowest BCUT2D eigenvalue weighted by Crippen LogP contribution is -2.50. The van der Waals surface area contributed by atoms with Gasteiger partial charge in [0.15, 0.2) is 5.69 Å². The van der Waals surface area contributed by atoms with Gasteiger partial charge in [-0.2, -0.15) is 5.10 Å². The number of rotatable bonds is 5. The van der Waals surface area contributed by atoms with Crippen LogP contribution in [-0.2, 0) is 4.79 Å². The van der Waals surface area contributed by atoms with Gasteiger partial charge >= 0.3 is 5.97 Å². The Morgan fingerprint density at radius 1 is 1.33 bits per heavy atom. The number of carboxylic acids is 1. The van der Waals surface area contributed by atoms with E-state index in [4.69, 9.17) is 0 Å². The number of aromatic nitrogens is 2. The van der Waals surface area contributed by atoms with E-state index in [0.717, 1.165) is 4.90 Å². The molecule has 0 fully saturated rings. The number of nitrogens with zero attached hydrogens (tertiary/aromatic N) is 4. The number of non-ortho nitro benzene ring substituents is 1. The van der Waals surface area contributed by atoms with Gasteiger partial charge in [-0.1, -0.05) is 6.07 Å². The van der Waals surface area contributed by atoms with Crippen molar-refractivity contribution in [2.24, 2.45) is 0 Å². The van der Waals surface area contributed by atoms with Crippen molar-refractivity contribution in [1.29, 1.82) is 0 Å². The van der Waals surface area contributed by atoms with Gasteiger partial charge in [0.25, 0.3) is 11.6 Å². The zero-order chi connectivity index (χ0) is 18.1. The minimum atomic E-state index is -1.40. The smallest absolute Gasteiger partial charge is 0.329 e. The second-order valence-electron chi connectivity index (χ2n) is 5.65. The molecule has 1 amide bonds. The summed E-state index contributed by atoms with van der Waals surface area (Å²) in [5.74, 6) is -1.71. The maximum absolute atomic E-state index is 12.4. The normalized spacial score (nSPS) is 11.1. The standard InChI is InChI=1S/C15H16N4O5/c1-15(2,14(21)22)17(3)13(20)12-7-8-18(16-12)10-5-4-6-11(9-10)19(23)24/h4-9H,1-3H3,(H,21,22). The maximum Gasteiger partial charge on any atom is 0.329 e. The van der Waals surface area contributed by atoms with Gasteiger partial charge in [-0.05, 0) is 26.0 Å². The number of hydrogen-bond acceptors (Lipinski definition) is 5. The molecule has 0 unspecified atom stereocenters. The highest BCUT2D eigenvalue weighted by atomic mass is 16.6. The van der Waals surface area contributed by atoms with Crippen LogP contribution in [0.1, 0.15) is 24.3 Å². The Morgan fingerprint density at radius 2 is 2.00 bits per heavy atom. The lowest BCUT2D eigenvalue weighted by molar-refractivity contribution is -0.384. The van der Waals surface area contributed by atoms with Gasteiger partial charge < -0.3 is 10.0 Å². The molecule has 0 bridgehead atoms. The number of hydrogen-bond donors (Lipinski definition) is 1. The lowest BCUT2D eigenvalue weighted by atomic mass is 10.0. The van der Waals surface area contributed by atoms with E-state index in [1.165, 1.54) is 56.0 Å². The summed E-state index contributed by atoms with van der Waals surface area (Å²) in [4.78, 5) is 35.0. The van der Waals surface area contributed by atoms with Crippen molar-refractivity contribution in [1.82, 2.24) is 14.7 Å². The highest BCUT2D eigenvalue weighted by molar-refractivity contribution is 5.95. The van der Waals surface area contributed by atoms with E-state index < -0.39 is 22.3 Å². The first-order chi connectivity index (χ1) is 11.1. The largest absolute Gasteiger partial charge is 0.480 e. The van der Waals surface area contributed by atoms with E-state index in [0.29, 0.717) is 5.69 Å². The Balaban J connectivity index is 2.31. The second kappa shape index (κ2) is 6.11. The lowest BCUT2D eigenvalue weighted by Gasteiger charge is -2.30. The summed E-state index contributed by atoms with van der Waals surface area (Å²) in [6, 6.07) is 7.22. The van der Waals surface area contributed by atoms with Gasteiger partial charge in [-0.25, -0.2) is 9.48 Å². The number of likely N-dealkylation sites (N-methyl/N-ethyl adjacent to an activating group) is 1. The van der Waals surface area contributed by atoms with Crippen molar-refractivity contribution in [2.75, 3.05) is 7.05 Å². The number of carbonyl (C=O) groups excluding carboxylic acids is 1. The molecule has 0 aliphatic carbocycles. The predicted molar refractivity (Wildman–Crippen MR) is 84.0 cm³/mol. The molecule has 0 aliphatic rings. The Bertz CT molecular complexity index is 812. The average molecular weight is 332 g/mol. The van der Waals surface area contributed by atoms with E-state index in [2.05, 4.69) is 5.10 Å². The van der Waals surface area contributed by atoms with E-state index >= 15 is 0 Å². The van der Waals surface area contributed by atoms with E-state index in [-0.39, 0.29) is 11.4 Å². The van der Waals surface area contributed by atoms with Crippen LogP contribution in [0.5, 0.6) is 0 Å². The van der Waals surface area contributed by atoms with Crippen LogP contribution >= 0.6 is 0 Å². The Hall–Kier alpha value is -3.23. The third kappa shape index (κ3) is 3.09. The fourth-order valence-electron chi connectivity index (χ4n) is 1.90. The highest BCUT2D eigenvalue weighted by Crippen LogP contribution is 2.18. The second-order valence-corrected chi connectivity index (χ2v) is 5.65. The summed E-state index contributed by atoms with van der Waals surface area (Å²) in [5, 5.41) is 24.1. The quantitative estimate of drug-likeness (QED) is 0.657. The van der Waals surface area contributed by atoms with Crippen molar-refractivity contribution in [3.8, 4) is 5.69 Å². The topological polar surface area (TPSA) is 119 Å². The van der Waals surface area contributed by atoms with Crippen molar-refractivity contribution in [3.05, 3.63) is 52.3 Å². The monoisotopic (exact) mass is 332 g/mol. The van der Waals surface area contributed by atoms with Gasteiger partial charge in [0.2, 0.25) is 0 Å². The molecule has 0 saturated carbocycles. The first-order valence-corrected chi connectivity index (χ1v) is 6.96. The van der Waals surface area contributed by atoms with Crippen LogP contribution in [0.2, 0.25) is 0 Å². The Morgan fingerprint density at radius 3 is 2.58 bits per heavy atom. The summed E-state index contributed by atoms with van der Waals surface area (Å²) < 4.78 is 1.32. The molecule has 1 aromatic carbocycles. The molecule has 0 radical (unpaired) electrons. The van der Waals surface area contributed by atoms with Crippen molar-refractivity contribution in [2.45, 2.75) is 19.4 Å². The first-order valence-electron chi connectivity index (χ1n) is 6.96. The summed E-state index contributed by atoms with van der Waals surface area (Å²) in [6.07, 6.45) is 1.48. The number of benzene rings is 1.